The molecule has 0 aromatic carbocycles. The molecule has 6 heteroatoms. The van der Waals surface area contributed by atoms with E-state index in [2.05, 4.69) is 27.3 Å². The average Bonchev–Trinajstić information content (AvgIpc) is 2.51. The molecule has 13 heavy (non-hydrogen) atoms. The van der Waals surface area contributed by atoms with Gasteiger partial charge >= 0.3 is 0 Å². The number of morpholine rings is 1. The Balaban J connectivity index is 2.12. The molecule has 1 saturated heterocycles. The van der Waals surface area contributed by atoms with Crippen LogP contribution in [0.5, 0.6) is 0 Å². The Morgan fingerprint density at radius 1 is 1.54 bits per heavy atom. The quantitative estimate of drug-likeness (QED) is 0.584. The van der Waals surface area contributed by atoms with Gasteiger partial charge in [0.15, 0.2) is 0 Å². The van der Waals surface area contributed by atoms with Gasteiger partial charge in [0, 0.05) is 20.1 Å². The van der Waals surface area contributed by atoms with Gasteiger partial charge in [0.1, 0.15) is 0 Å². The standard InChI is InChI=1S/C7H13N5O/c1-6-5-12(3-4-13-6)7-8-9-10-11(7)2/h6H,3-5H2,1-2H3. The lowest BCUT2D eigenvalue weighted by Gasteiger charge is -2.30. The highest BCUT2D eigenvalue weighted by atomic mass is 16.5. The lowest BCUT2D eigenvalue weighted by atomic mass is 10.3. The van der Waals surface area contributed by atoms with E-state index in [0.29, 0.717) is 0 Å². The van der Waals surface area contributed by atoms with Gasteiger partial charge in [-0.2, -0.15) is 0 Å². The Morgan fingerprint density at radius 3 is 3.00 bits per heavy atom. The van der Waals surface area contributed by atoms with Crippen molar-refractivity contribution in [2.75, 3.05) is 24.6 Å². The van der Waals surface area contributed by atoms with Crippen molar-refractivity contribution in [1.29, 1.82) is 0 Å². The van der Waals surface area contributed by atoms with Crippen LogP contribution in [0.1, 0.15) is 6.92 Å². The van der Waals surface area contributed by atoms with Crippen LogP contribution in [0.3, 0.4) is 0 Å². The molecule has 0 amide bonds. The molecular formula is C7H13N5O. The molecule has 1 aromatic heterocycles. The number of ether oxygens (including phenoxy) is 1. The Bertz CT molecular complexity index is 286. The van der Waals surface area contributed by atoms with E-state index >= 15 is 0 Å². The van der Waals surface area contributed by atoms with Crippen molar-refractivity contribution in [2.24, 2.45) is 7.05 Å². The van der Waals surface area contributed by atoms with Gasteiger partial charge in [0.25, 0.3) is 0 Å². The highest BCUT2D eigenvalue weighted by Crippen LogP contribution is 2.11. The predicted molar refractivity (Wildman–Crippen MR) is 46.4 cm³/mol. The van der Waals surface area contributed by atoms with Gasteiger partial charge in [-0.1, -0.05) is 5.10 Å². The molecule has 0 N–H and O–H groups in total. The zero-order valence-corrected chi connectivity index (χ0v) is 7.84. The minimum Gasteiger partial charge on any atom is -0.375 e. The van der Waals surface area contributed by atoms with Crippen molar-refractivity contribution in [2.45, 2.75) is 13.0 Å². The molecule has 2 rings (SSSR count). The zero-order valence-electron chi connectivity index (χ0n) is 7.84. The maximum atomic E-state index is 5.43. The molecule has 1 aliphatic rings. The topological polar surface area (TPSA) is 56.1 Å². The number of anilines is 1. The third-order valence-electron chi connectivity index (χ3n) is 2.12. The fourth-order valence-corrected chi connectivity index (χ4v) is 1.49. The van der Waals surface area contributed by atoms with Crippen molar-refractivity contribution < 1.29 is 4.74 Å². The van der Waals surface area contributed by atoms with Crippen LogP contribution in [0.25, 0.3) is 0 Å². The average molecular weight is 183 g/mol. The zero-order chi connectivity index (χ0) is 9.26. The number of nitrogens with zero attached hydrogens (tertiary/aromatic N) is 5. The summed E-state index contributed by atoms with van der Waals surface area (Å²) in [7, 11) is 1.84. The molecular weight excluding hydrogens is 170 g/mol. The molecule has 0 saturated carbocycles. The first-order valence-corrected chi connectivity index (χ1v) is 4.36. The smallest absolute Gasteiger partial charge is 0.245 e. The van der Waals surface area contributed by atoms with E-state index < -0.39 is 0 Å². The third-order valence-corrected chi connectivity index (χ3v) is 2.12. The van der Waals surface area contributed by atoms with Crippen LogP contribution in [0.4, 0.5) is 5.95 Å². The lowest BCUT2D eigenvalue weighted by Crippen LogP contribution is -2.42. The van der Waals surface area contributed by atoms with Gasteiger partial charge < -0.3 is 9.64 Å². The molecule has 1 atom stereocenters. The third kappa shape index (κ3) is 1.62. The summed E-state index contributed by atoms with van der Waals surface area (Å²) >= 11 is 0. The number of tetrazole rings is 1. The summed E-state index contributed by atoms with van der Waals surface area (Å²) in [6.45, 7) is 4.51. The van der Waals surface area contributed by atoms with E-state index in [4.69, 9.17) is 4.74 Å². The van der Waals surface area contributed by atoms with Crippen LogP contribution in [-0.4, -0.2) is 46.0 Å². The summed E-state index contributed by atoms with van der Waals surface area (Å²) in [6, 6.07) is 0. The summed E-state index contributed by atoms with van der Waals surface area (Å²) in [5.74, 6) is 0.815. The predicted octanol–water partition coefficient (Wildman–Crippen LogP) is -0.565. The van der Waals surface area contributed by atoms with Crippen LogP contribution < -0.4 is 4.90 Å². The lowest BCUT2D eigenvalue weighted by molar-refractivity contribution is 0.0524. The molecule has 72 valence electrons. The van der Waals surface area contributed by atoms with Crippen molar-refractivity contribution >= 4 is 5.95 Å². The summed E-state index contributed by atoms with van der Waals surface area (Å²) in [6.07, 6.45) is 0.255. The molecule has 0 aliphatic carbocycles. The van der Waals surface area contributed by atoms with E-state index in [1.807, 2.05) is 7.05 Å². The van der Waals surface area contributed by atoms with Crippen molar-refractivity contribution in [3.63, 3.8) is 0 Å². The van der Waals surface area contributed by atoms with Crippen LogP contribution in [0, 0.1) is 0 Å². The van der Waals surface area contributed by atoms with Gasteiger partial charge in [0.05, 0.1) is 12.7 Å². The normalized spacial score (nSPS) is 23.5. The molecule has 2 heterocycles. The molecule has 1 aromatic rings. The van der Waals surface area contributed by atoms with Gasteiger partial charge in [-0.15, -0.1) is 0 Å². The van der Waals surface area contributed by atoms with E-state index in [1.165, 1.54) is 0 Å². The minimum absolute atomic E-state index is 0.255. The van der Waals surface area contributed by atoms with Crippen LogP contribution in [-0.2, 0) is 11.8 Å². The first kappa shape index (κ1) is 8.43. The highest BCUT2D eigenvalue weighted by molar-refractivity contribution is 5.28. The maximum absolute atomic E-state index is 5.43. The monoisotopic (exact) mass is 183 g/mol. The Kier molecular flexibility index (Phi) is 2.13. The van der Waals surface area contributed by atoms with Crippen molar-refractivity contribution in [3.8, 4) is 0 Å². The second-order valence-electron chi connectivity index (χ2n) is 3.23. The SMILES string of the molecule is CC1CN(c2nnnn2C)CCO1. The number of rotatable bonds is 1. The van der Waals surface area contributed by atoms with Gasteiger partial charge in [-0.25, -0.2) is 4.68 Å². The molecule has 1 fully saturated rings. The number of aryl methyl sites for hydroxylation is 1. The summed E-state index contributed by atoms with van der Waals surface area (Å²) in [4.78, 5) is 2.13. The first-order chi connectivity index (χ1) is 6.27. The van der Waals surface area contributed by atoms with Crippen molar-refractivity contribution in [1.82, 2.24) is 20.2 Å². The second-order valence-corrected chi connectivity index (χ2v) is 3.23. The van der Waals surface area contributed by atoms with E-state index in [1.54, 1.807) is 4.68 Å². The molecule has 0 radical (unpaired) electrons. The first-order valence-electron chi connectivity index (χ1n) is 4.36. The van der Waals surface area contributed by atoms with Gasteiger partial charge in [-0.05, 0) is 17.4 Å². The largest absolute Gasteiger partial charge is 0.375 e. The Labute approximate surface area is 76.5 Å². The molecule has 1 unspecified atom stereocenters. The molecule has 6 nitrogen and oxygen atoms in total. The number of aromatic nitrogens is 4. The molecule has 0 bridgehead atoms. The Morgan fingerprint density at radius 2 is 2.38 bits per heavy atom. The fraction of sp³-hybridized carbons (Fsp3) is 0.857. The van der Waals surface area contributed by atoms with Gasteiger partial charge in [0.2, 0.25) is 5.95 Å². The highest BCUT2D eigenvalue weighted by Gasteiger charge is 2.20. The minimum atomic E-state index is 0.255. The van der Waals surface area contributed by atoms with Crippen molar-refractivity contribution in [3.05, 3.63) is 0 Å². The van der Waals surface area contributed by atoms with Gasteiger partial charge in [-0.3, -0.25) is 0 Å². The second kappa shape index (κ2) is 3.29. The Hall–Kier alpha value is -1.17. The van der Waals surface area contributed by atoms with E-state index in [9.17, 15) is 0 Å². The maximum Gasteiger partial charge on any atom is 0.245 e. The molecule has 1 aliphatic heterocycles. The van der Waals surface area contributed by atoms with Crippen LogP contribution in [0.15, 0.2) is 0 Å². The van der Waals surface area contributed by atoms with E-state index in [0.717, 1.165) is 25.6 Å². The number of hydrogen-bond donors (Lipinski definition) is 0. The fourth-order valence-electron chi connectivity index (χ4n) is 1.49. The molecule has 0 spiro atoms. The summed E-state index contributed by atoms with van der Waals surface area (Å²) in [5.41, 5.74) is 0. The van der Waals surface area contributed by atoms with Crippen LogP contribution >= 0.6 is 0 Å². The number of hydrogen-bond acceptors (Lipinski definition) is 5. The summed E-state index contributed by atoms with van der Waals surface area (Å²) < 4.78 is 7.11. The van der Waals surface area contributed by atoms with E-state index in [-0.39, 0.29) is 6.10 Å². The summed E-state index contributed by atoms with van der Waals surface area (Å²) in [5, 5.41) is 11.3. The van der Waals surface area contributed by atoms with Crippen LogP contribution in [0.2, 0.25) is 0 Å².